The standard InChI is InChI=1S/C26H29F2N5O3/c1-14(2)36-23-6-3-16(27)24(25(23)28)19-5-4-18(30)26(32-19)21(34)11-15-12-31-9-7-20(15)33-10-8-17(29)22(35)13-33/h3-7,9,12,14,17,22,35H,8,10-11,13,29-30H2,1-2H3/t17-,22-/m1/s1. The van der Waals surface area contributed by atoms with Crippen molar-refractivity contribution in [1.29, 1.82) is 0 Å². The number of carbonyl (C=O) groups excluding carboxylic acids is 1. The summed E-state index contributed by atoms with van der Waals surface area (Å²) in [7, 11) is 0. The third-order valence-electron chi connectivity index (χ3n) is 6.07. The van der Waals surface area contributed by atoms with Crippen molar-refractivity contribution in [2.24, 2.45) is 5.73 Å². The van der Waals surface area contributed by atoms with E-state index in [1.165, 1.54) is 18.2 Å². The normalized spacial score (nSPS) is 17.9. The summed E-state index contributed by atoms with van der Waals surface area (Å²) in [5.41, 5.74) is 12.8. The lowest BCUT2D eigenvalue weighted by molar-refractivity contribution is 0.0989. The van der Waals surface area contributed by atoms with Gasteiger partial charge in [0.25, 0.3) is 0 Å². The summed E-state index contributed by atoms with van der Waals surface area (Å²) in [6.45, 7) is 4.40. The highest BCUT2D eigenvalue weighted by molar-refractivity contribution is 6.01. The van der Waals surface area contributed by atoms with Crippen LogP contribution in [0.15, 0.2) is 42.7 Å². The molecule has 5 N–H and O–H groups in total. The monoisotopic (exact) mass is 497 g/mol. The second-order valence-corrected chi connectivity index (χ2v) is 9.11. The number of nitrogen functional groups attached to an aromatic ring is 1. The van der Waals surface area contributed by atoms with Gasteiger partial charge in [-0.05, 0) is 50.6 Å². The zero-order valence-electron chi connectivity index (χ0n) is 20.1. The fourth-order valence-electron chi connectivity index (χ4n) is 4.24. The number of aliphatic hydroxyl groups is 1. The first-order chi connectivity index (χ1) is 17.2. The minimum atomic E-state index is -0.907. The zero-order valence-corrected chi connectivity index (χ0v) is 20.1. The van der Waals surface area contributed by atoms with E-state index >= 15 is 4.39 Å². The van der Waals surface area contributed by atoms with E-state index in [0.717, 1.165) is 11.8 Å². The van der Waals surface area contributed by atoms with Gasteiger partial charge in [0.15, 0.2) is 17.3 Å². The van der Waals surface area contributed by atoms with Crippen LogP contribution >= 0.6 is 0 Å². The Morgan fingerprint density at radius 1 is 1.25 bits per heavy atom. The van der Waals surface area contributed by atoms with E-state index in [2.05, 4.69) is 9.97 Å². The van der Waals surface area contributed by atoms with E-state index in [1.807, 2.05) is 4.90 Å². The number of nitrogens with zero attached hydrogens (tertiary/aromatic N) is 3. The Kier molecular flexibility index (Phi) is 7.46. The van der Waals surface area contributed by atoms with Crippen LogP contribution in [-0.4, -0.2) is 52.2 Å². The molecule has 2 aromatic heterocycles. The van der Waals surface area contributed by atoms with Crippen molar-refractivity contribution in [1.82, 2.24) is 9.97 Å². The number of Topliss-reactive ketones (excluding diaryl/α,β-unsaturated/α-hetero) is 1. The SMILES string of the molecule is CC(C)Oc1ccc(F)c(-c2ccc(N)c(C(=O)Cc3cnccc3N3CC[C@@H](N)[C@H](O)C3)n2)c1F. The number of pyridine rings is 2. The van der Waals surface area contributed by atoms with Crippen LogP contribution < -0.4 is 21.1 Å². The molecule has 0 spiro atoms. The molecule has 0 saturated carbocycles. The summed E-state index contributed by atoms with van der Waals surface area (Å²) in [6, 6.07) is 6.54. The number of carbonyl (C=O) groups is 1. The first kappa shape index (κ1) is 25.5. The van der Waals surface area contributed by atoms with Gasteiger partial charge in [-0.3, -0.25) is 9.78 Å². The first-order valence-electron chi connectivity index (χ1n) is 11.7. The summed E-state index contributed by atoms with van der Waals surface area (Å²) in [5.74, 6) is -2.30. The number of ether oxygens (including phenoxy) is 1. The molecule has 3 heterocycles. The van der Waals surface area contributed by atoms with E-state index in [0.29, 0.717) is 25.1 Å². The topological polar surface area (TPSA) is 128 Å². The average Bonchev–Trinajstić information content (AvgIpc) is 2.84. The molecular formula is C26H29F2N5O3. The van der Waals surface area contributed by atoms with Crippen molar-refractivity contribution in [3.63, 3.8) is 0 Å². The molecule has 0 unspecified atom stereocenters. The molecule has 4 rings (SSSR count). The van der Waals surface area contributed by atoms with E-state index in [4.69, 9.17) is 16.2 Å². The van der Waals surface area contributed by atoms with Crippen molar-refractivity contribution in [2.75, 3.05) is 23.7 Å². The van der Waals surface area contributed by atoms with Gasteiger partial charge in [-0.25, -0.2) is 13.8 Å². The second-order valence-electron chi connectivity index (χ2n) is 9.11. The predicted octanol–water partition coefficient (Wildman–Crippen LogP) is 3.11. The van der Waals surface area contributed by atoms with Crippen LogP contribution in [0.25, 0.3) is 11.3 Å². The predicted molar refractivity (Wildman–Crippen MR) is 133 cm³/mol. The maximum absolute atomic E-state index is 15.1. The van der Waals surface area contributed by atoms with Gasteiger partial charge in [-0.1, -0.05) is 0 Å². The Morgan fingerprint density at radius 3 is 2.75 bits per heavy atom. The number of benzene rings is 1. The Hall–Kier alpha value is -3.63. The molecule has 36 heavy (non-hydrogen) atoms. The van der Waals surface area contributed by atoms with Crippen molar-refractivity contribution in [3.05, 3.63) is 65.6 Å². The van der Waals surface area contributed by atoms with Gasteiger partial charge in [-0.15, -0.1) is 0 Å². The molecule has 1 aromatic carbocycles. The van der Waals surface area contributed by atoms with Gasteiger partial charge in [0.1, 0.15) is 11.5 Å². The van der Waals surface area contributed by atoms with Crippen LogP contribution in [0.3, 0.4) is 0 Å². The molecule has 1 fully saturated rings. The van der Waals surface area contributed by atoms with Crippen molar-refractivity contribution in [3.8, 4) is 17.0 Å². The number of hydrogen-bond donors (Lipinski definition) is 3. The Bertz CT molecular complexity index is 1270. The second kappa shape index (κ2) is 10.5. The molecule has 0 radical (unpaired) electrons. The van der Waals surface area contributed by atoms with Crippen LogP contribution in [0.4, 0.5) is 20.2 Å². The molecule has 0 bridgehead atoms. The average molecular weight is 498 g/mol. The molecule has 10 heteroatoms. The molecule has 0 amide bonds. The van der Waals surface area contributed by atoms with Crippen LogP contribution in [0.2, 0.25) is 0 Å². The molecule has 1 saturated heterocycles. The van der Waals surface area contributed by atoms with Crippen LogP contribution in [0.5, 0.6) is 5.75 Å². The number of β-amino-alcohol motifs (C(OH)–C–C–N with tert-alkyl or cyclic N) is 1. The summed E-state index contributed by atoms with van der Waals surface area (Å²) >= 11 is 0. The third-order valence-corrected chi connectivity index (χ3v) is 6.07. The maximum Gasteiger partial charge on any atom is 0.187 e. The van der Waals surface area contributed by atoms with Crippen molar-refractivity contribution < 1.29 is 23.4 Å². The van der Waals surface area contributed by atoms with Gasteiger partial charge in [-0.2, -0.15) is 0 Å². The molecular weight excluding hydrogens is 468 g/mol. The van der Waals surface area contributed by atoms with Gasteiger partial charge >= 0.3 is 0 Å². The summed E-state index contributed by atoms with van der Waals surface area (Å²) in [6.07, 6.45) is 2.67. The van der Waals surface area contributed by atoms with Gasteiger partial charge in [0.2, 0.25) is 0 Å². The van der Waals surface area contributed by atoms with Crippen molar-refractivity contribution >= 4 is 17.2 Å². The van der Waals surface area contributed by atoms with E-state index in [9.17, 15) is 14.3 Å². The molecule has 1 aliphatic heterocycles. The quantitative estimate of drug-likeness (QED) is 0.425. The van der Waals surface area contributed by atoms with E-state index in [-0.39, 0.29) is 41.4 Å². The molecule has 190 valence electrons. The van der Waals surface area contributed by atoms with Gasteiger partial charge < -0.3 is 26.2 Å². The lowest BCUT2D eigenvalue weighted by Crippen LogP contribution is -2.50. The minimum absolute atomic E-state index is 0.0729. The highest BCUT2D eigenvalue weighted by Crippen LogP contribution is 2.33. The van der Waals surface area contributed by atoms with Crippen LogP contribution in [0, 0.1) is 11.6 Å². The number of piperidine rings is 1. The molecule has 3 aromatic rings. The highest BCUT2D eigenvalue weighted by Gasteiger charge is 2.27. The van der Waals surface area contributed by atoms with Crippen LogP contribution in [-0.2, 0) is 6.42 Å². The molecule has 8 nitrogen and oxygen atoms in total. The molecule has 1 aliphatic rings. The highest BCUT2D eigenvalue weighted by atomic mass is 19.1. The Balaban J connectivity index is 1.65. The lowest BCUT2D eigenvalue weighted by atomic mass is 9.99. The van der Waals surface area contributed by atoms with Crippen molar-refractivity contribution in [2.45, 2.75) is 44.9 Å². The Labute approximate surface area is 207 Å². The van der Waals surface area contributed by atoms with Gasteiger partial charge in [0.05, 0.1) is 29.2 Å². The van der Waals surface area contributed by atoms with E-state index < -0.39 is 29.1 Å². The molecule has 2 atom stereocenters. The Morgan fingerprint density at radius 2 is 2.03 bits per heavy atom. The number of hydrogen-bond acceptors (Lipinski definition) is 8. The number of anilines is 2. The number of aromatic nitrogens is 2. The van der Waals surface area contributed by atoms with Crippen LogP contribution in [0.1, 0.15) is 36.3 Å². The fourth-order valence-corrected chi connectivity index (χ4v) is 4.24. The number of ketones is 1. The largest absolute Gasteiger partial charge is 0.488 e. The smallest absolute Gasteiger partial charge is 0.187 e. The van der Waals surface area contributed by atoms with Gasteiger partial charge in [0, 0.05) is 49.2 Å². The summed E-state index contributed by atoms with van der Waals surface area (Å²) < 4.78 is 35.2. The number of nitrogens with two attached hydrogens (primary N) is 2. The third kappa shape index (κ3) is 5.29. The van der Waals surface area contributed by atoms with E-state index in [1.54, 1.807) is 32.3 Å². The number of rotatable bonds is 7. The minimum Gasteiger partial charge on any atom is -0.488 e. The fraction of sp³-hybridized carbons (Fsp3) is 0.346. The maximum atomic E-state index is 15.1. The molecule has 0 aliphatic carbocycles. The number of halogens is 2. The summed E-state index contributed by atoms with van der Waals surface area (Å²) in [4.78, 5) is 23.6. The number of aliphatic hydroxyl groups excluding tert-OH is 1. The lowest BCUT2D eigenvalue weighted by Gasteiger charge is -2.36. The zero-order chi connectivity index (χ0) is 26.0. The summed E-state index contributed by atoms with van der Waals surface area (Å²) in [5, 5.41) is 10.2. The first-order valence-corrected chi connectivity index (χ1v) is 11.7.